The van der Waals surface area contributed by atoms with Crippen LogP contribution in [0.5, 0.6) is 0 Å². The molecule has 3 rings (SSSR count). The molecule has 31 heavy (non-hydrogen) atoms. The molecule has 1 aliphatic heterocycles. The first kappa shape index (κ1) is 24.6. The number of ether oxygens (including phenoxy) is 1. The molecular weight excluding hydrogens is 423 g/mol. The van der Waals surface area contributed by atoms with E-state index in [0.717, 1.165) is 19.4 Å². The monoisotopic (exact) mass is 449 g/mol. The largest absolute Gasteiger partial charge is 0.483 e. The zero-order chi connectivity index (χ0) is 23.0. The topological polar surface area (TPSA) is 138 Å². The summed E-state index contributed by atoms with van der Waals surface area (Å²) in [7, 11) is 1.78. The van der Waals surface area contributed by atoms with Gasteiger partial charge in [0.2, 0.25) is 17.6 Å². The third-order valence-electron chi connectivity index (χ3n) is 5.25. The van der Waals surface area contributed by atoms with Crippen molar-refractivity contribution in [3.63, 3.8) is 0 Å². The number of halogens is 3. The second-order valence-electron chi connectivity index (χ2n) is 7.49. The summed E-state index contributed by atoms with van der Waals surface area (Å²) >= 11 is 0. The van der Waals surface area contributed by atoms with Crippen LogP contribution in [-0.4, -0.2) is 75.8 Å². The van der Waals surface area contributed by atoms with Crippen LogP contribution in [0.25, 0.3) is 0 Å². The van der Waals surface area contributed by atoms with Gasteiger partial charge in [0.1, 0.15) is 0 Å². The van der Waals surface area contributed by atoms with Crippen molar-refractivity contribution in [3.8, 4) is 0 Å². The molecule has 1 aromatic heterocycles. The van der Waals surface area contributed by atoms with Gasteiger partial charge < -0.3 is 20.1 Å². The van der Waals surface area contributed by atoms with Crippen molar-refractivity contribution in [1.82, 2.24) is 25.4 Å². The van der Waals surface area contributed by atoms with Gasteiger partial charge in [-0.3, -0.25) is 19.5 Å². The predicted octanol–water partition coefficient (Wildman–Crippen LogP) is 1.45. The number of carbonyl (C=O) groups excluding carboxylic acids is 2. The van der Waals surface area contributed by atoms with Gasteiger partial charge in [-0.2, -0.15) is 18.2 Å². The van der Waals surface area contributed by atoms with Crippen LogP contribution in [0, 0.1) is 5.92 Å². The first-order valence-electron chi connectivity index (χ1n) is 9.90. The summed E-state index contributed by atoms with van der Waals surface area (Å²) < 4.78 is 43.1. The second-order valence-corrected chi connectivity index (χ2v) is 7.49. The average molecular weight is 449 g/mol. The van der Waals surface area contributed by atoms with Gasteiger partial charge in [0.05, 0.1) is 6.10 Å². The van der Waals surface area contributed by atoms with E-state index in [1.54, 1.807) is 17.0 Å². The van der Waals surface area contributed by atoms with Crippen molar-refractivity contribution in [3.05, 3.63) is 11.6 Å². The number of hydrogen-bond donors (Lipinski definition) is 3. The Hall–Kier alpha value is -2.70. The van der Waals surface area contributed by atoms with Crippen molar-refractivity contribution in [1.29, 1.82) is 0 Å². The van der Waals surface area contributed by atoms with Gasteiger partial charge in [-0.05, 0) is 38.5 Å². The zero-order valence-electron chi connectivity index (χ0n) is 17.0. The van der Waals surface area contributed by atoms with Gasteiger partial charge >= 0.3 is 6.18 Å². The van der Waals surface area contributed by atoms with Crippen molar-refractivity contribution >= 4 is 18.3 Å². The number of hydrogen-bond acceptors (Lipinski definition) is 6. The van der Waals surface area contributed by atoms with E-state index in [2.05, 4.69) is 15.4 Å². The maximum Gasteiger partial charge on any atom is 0.451 e. The highest BCUT2D eigenvalue weighted by Crippen LogP contribution is 2.27. The maximum absolute atomic E-state index is 12.6. The Balaban J connectivity index is 0.00000107. The number of alkyl halides is 3. The number of rotatable bonds is 5. The summed E-state index contributed by atoms with van der Waals surface area (Å²) in [5.41, 5.74) is 0. The number of nitrogens with zero attached hydrogens (tertiary/aromatic N) is 3. The Morgan fingerprint density at radius 1 is 1.29 bits per heavy atom. The third-order valence-corrected chi connectivity index (χ3v) is 5.25. The normalized spacial score (nSPS) is 23.4. The summed E-state index contributed by atoms with van der Waals surface area (Å²) in [5.74, 6) is -2.64. The minimum Gasteiger partial charge on any atom is -0.483 e. The standard InChI is InChI=1S/C17H24F3N5O3.CH2O2/c1-25(9-12-3-2-8-28-12)15(27)10-4-6-11(7-5-10)21-14(26)13-22-16(24-23-13)17(18,19)20;2-1-3/h10-12H,2-9H2,1H3,(H,21,26)(H,22,23,24);1H,(H,2,3). The van der Waals surface area contributed by atoms with E-state index in [0.29, 0.717) is 32.2 Å². The van der Waals surface area contributed by atoms with Crippen molar-refractivity contribution in [2.24, 2.45) is 5.92 Å². The SMILES string of the molecule is CN(CC1CCCO1)C(=O)C1CCC(NC(=O)c2n[nH]c(C(F)(F)F)n2)CC1.O=CO. The van der Waals surface area contributed by atoms with E-state index in [4.69, 9.17) is 14.6 Å². The number of aromatic amines is 1. The van der Waals surface area contributed by atoms with E-state index >= 15 is 0 Å². The fraction of sp³-hybridized carbons (Fsp3) is 0.722. The third kappa shape index (κ3) is 7.19. The minimum absolute atomic E-state index is 0.0732. The molecule has 1 unspecified atom stereocenters. The van der Waals surface area contributed by atoms with Crippen LogP contribution in [0.3, 0.4) is 0 Å². The van der Waals surface area contributed by atoms with Crippen LogP contribution < -0.4 is 5.32 Å². The summed E-state index contributed by atoms with van der Waals surface area (Å²) in [6, 6.07) is -0.215. The lowest BCUT2D eigenvalue weighted by Gasteiger charge is -2.31. The summed E-state index contributed by atoms with van der Waals surface area (Å²) in [5, 5.41) is 14.6. The Bertz CT molecular complexity index is 743. The number of aromatic nitrogens is 3. The van der Waals surface area contributed by atoms with Crippen molar-refractivity contribution in [2.75, 3.05) is 20.2 Å². The lowest BCUT2D eigenvalue weighted by atomic mass is 9.85. The molecule has 174 valence electrons. The first-order valence-corrected chi connectivity index (χ1v) is 9.90. The summed E-state index contributed by atoms with van der Waals surface area (Å²) in [4.78, 5) is 37.9. The highest BCUT2D eigenvalue weighted by atomic mass is 19.4. The van der Waals surface area contributed by atoms with E-state index in [1.165, 1.54) is 0 Å². The van der Waals surface area contributed by atoms with Gasteiger partial charge in [0, 0.05) is 32.2 Å². The number of likely N-dealkylation sites (N-methyl/N-ethyl adjacent to an activating group) is 1. The van der Waals surface area contributed by atoms with Crippen molar-refractivity contribution in [2.45, 2.75) is 56.8 Å². The molecule has 1 aliphatic carbocycles. The Morgan fingerprint density at radius 3 is 2.45 bits per heavy atom. The fourth-order valence-corrected chi connectivity index (χ4v) is 3.72. The van der Waals surface area contributed by atoms with Crippen LogP contribution in [0.15, 0.2) is 0 Å². The number of carboxylic acid groups (broad SMARTS) is 1. The van der Waals surface area contributed by atoms with Gasteiger partial charge in [-0.25, -0.2) is 0 Å². The predicted molar refractivity (Wildman–Crippen MR) is 99.9 cm³/mol. The van der Waals surface area contributed by atoms with E-state index in [1.807, 2.05) is 0 Å². The fourth-order valence-electron chi connectivity index (χ4n) is 3.72. The minimum atomic E-state index is -4.68. The molecule has 1 atom stereocenters. The van der Waals surface area contributed by atoms with E-state index in [9.17, 15) is 22.8 Å². The molecule has 13 heteroatoms. The van der Waals surface area contributed by atoms with Crippen LogP contribution in [-0.2, 0) is 20.5 Å². The highest BCUT2D eigenvalue weighted by molar-refractivity contribution is 5.90. The highest BCUT2D eigenvalue weighted by Gasteiger charge is 2.36. The molecule has 3 N–H and O–H groups in total. The summed E-state index contributed by atoms with van der Waals surface area (Å²) in [6.45, 7) is 1.08. The average Bonchev–Trinajstić information content (AvgIpc) is 3.40. The van der Waals surface area contributed by atoms with Crippen LogP contribution in [0.4, 0.5) is 13.2 Å². The maximum atomic E-state index is 12.6. The molecule has 10 nitrogen and oxygen atoms in total. The zero-order valence-corrected chi connectivity index (χ0v) is 17.0. The van der Waals surface area contributed by atoms with Gasteiger partial charge in [0.15, 0.2) is 0 Å². The number of amides is 2. The van der Waals surface area contributed by atoms with Crippen LogP contribution in [0.1, 0.15) is 55.0 Å². The molecule has 0 aromatic carbocycles. The quantitative estimate of drug-likeness (QED) is 0.579. The molecule has 1 aromatic rings. The van der Waals surface area contributed by atoms with Crippen LogP contribution >= 0.6 is 0 Å². The molecule has 1 saturated carbocycles. The summed E-state index contributed by atoms with van der Waals surface area (Å²) in [6.07, 6.45) is -0.213. The second kappa shape index (κ2) is 11.1. The number of carbonyl (C=O) groups is 3. The Morgan fingerprint density at radius 2 is 1.94 bits per heavy atom. The molecule has 2 heterocycles. The van der Waals surface area contributed by atoms with Gasteiger partial charge in [-0.15, -0.1) is 5.10 Å². The molecule has 0 radical (unpaired) electrons. The molecule has 0 bridgehead atoms. The molecule has 2 aliphatic rings. The smallest absolute Gasteiger partial charge is 0.451 e. The lowest BCUT2D eigenvalue weighted by Crippen LogP contribution is -2.43. The lowest BCUT2D eigenvalue weighted by molar-refractivity contribution is -0.144. The Kier molecular flexibility index (Phi) is 8.77. The first-order chi connectivity index (χ1) is 14.7. The van der Waals surface area contributed by atoms with Gasteiger partial charge in [0.25, 0.3) is 12.4 Å². The van der Waals surface area contributed by atoms with Crippen molar-refractivity contribution < 1.29 is 37.4 Å². The van der Waals surface area contributed by atoms with E-state index in [-0.39, 0.29) is 30.4 Å². The van der Waals surface area contributed by atoms with Crippen LogP contribution in [0.2, 0.25) is 0 Å². The molecular formula is C18H26F3N5O5. The molecule has 0 spiro atoms. The molecule has 2 amide bonds. The van der Waals surface area contributed by atoms with E-state index < -0.39 is 23.7 Å². The number of H-pyrrole nitrogens is 1. The molecule has 1 saturated heterocycles. The molecule has 2 fully saturated rings. The number of nitrogens with one attached hydrogen (secondary N) is 2. The van der Waals surface area contributed by atoms with Gasteiger partial charge in [-0.1, -0.05) is 0 Å². The Labute approximate surface area is 176 Å².